The van der Waals surface area contributed by atoms with Gasteiger partial charge in [0, 0.05) is 10.0 Å². The van der Waals surface area contributed by atoms with Crippen LogP contribution in [0, 0.1) is 6.92 Å². The molecule has 0 amide bonds. The monoisotopic (exact) mass is 442 g/mol. The fraction of sp³-hybridized carbons (Fsp3) is 0.0500. The molecule has 0 saturated carbocycles. The number of benzene rings is 3. The van der Waals surface area contributed by atoms with E-state index in [0.29, 0.717) is 22.7 Å². The number of hydrogen-bond donors (Lipinski definition) is 1. The quantitative estimate of drug-likeness (QED) is 0.461. The lowest BCUT2D eigenvalue weighted by molar-refractivity contribution is 0.601. The lowest BCUT2D eigenvalue weighted by atomic mass is 10.2. The number of rotatable bonds is 4. The van der Waals surface area contributed by atoms with Crippen LogP contribution in [0.4, 0.5) is 5.69 Å². The second-order valence-corrected chi connectivity index (χ2v) is 8.73. The summed E-state index contributed by atoms with van der Waals surface area (Å²) in [5.74, 6) is 0.477. The zero-order valence-corrected chi connectivity index (χ0v) is 16.7. The van der Waals surface area contributed by atoms with Crippen molar-refractivity contribution in [3.05, 3.63) is 76.8 Å². The van der Waals surface area contributed by atoms with Gasteiger partial charge < -0.3 is 4.42 Å². The molecule has 0 aliphatic heterocycles. The van der Waals surface area contributed by atoms with Crippen LogP contribution in [0.3, 0.4) is 0 Å². The first kappa shape index (κ1) is 17.8. The van der Waals surface area contributed by atoms with Crippen molar-refractivity contribution in [2.75, 3.05) is 4.72 Å². The highest BCUT2D eigenvalue weighted by Crippen LogP contribution is 2.28. The standard InChI is InChI=1S/C20H15BrN2O3S/c1-13-5-8-17(9-6-13)27(24,25)23-16-7-10-19-18(12-16)22-20(26-19)14-3-2-4-15(21)11-14/h2-12,23H,1H3. The van der Waals surface area contributed by atoms with E-state index < -0.39 is 10.0 Å². The molecule has 0 bridgehead atoms. The Kier molecular flexibility index (Phi) is 4.49. The molecular formula is C20H15BrN2O3S. The van der Waals surface area contributed by atoms with E-state index in [1.165, 1.54) is 0 Å². The maximum Gasteiger partial charge on any atom is 0.261 e. The molecule has 1 aromatic heterocycles. The Bertz CT molecular complexity index is 1230. The summed E-state index contributed by atoms with van der Waals surface area (Å²) in [6.45, 7) is 1.91. The van der Waals surface area contributed by atoms with Gasteiger partial charge in [-0.3, -0.25) is 4.72 Å². The molecule has 27 heavy (non-hydrogen) atoms. The van der Waals surface area contributed by atoms with Crippen LogP contribution in [0.5, 0.6) is 0 Å². The first-order valence-corrected chi connectivity index (χ1v) is 10.4. The van der Waals surface area contributed by atoms with Crippen molar-refractivity contribution in [2.45, 2.75) is 11.8 Å². The number of sulfonamides is 1. The Morgan fingerprint density at radius 1 is 1.00 bits per heavy atom. The van der Waals surface area contributed by atoms with Crippen LogP contribution in [-0.2, 0) is 10.0 Å². The Labute approximate surface area is 165 Å². The van der Waals surface area contributed by atoms with Gasteiger partial charge in [-0.05, 0) is 55.5 Å². The first-order valence-electron chi connectivity index (χ1n) is 8.17. The maximum absolute atomic E-state index is 12.6. The second kappa shape index (κ2) is 6.83. The summed E-state index contributed by atoms with van der Waals surface area (Å²) in [6, 6.07) is 19.3. The number of aryl methyl sites for hydroxylation is 1. The van der Waals surface area contributed by atoms with Crippen molar-refractivity contribution in [3.63, 3.8) is 0 Å². The van der Waals surface area contributed by atoms with Crippen molar-refractivity contribution in [2.24, 2.45) is 0 Å². The Hall–Kier alpha value is -2.64. The van der Waals surface area contributed by atoms with Gasteiger partial charge in [0.25, 0.3) is 10.0 Å². The van der Waals surface area contributed by atoms with Crippen LogP contribution >= 0.6 is 15.9 Å². The van der Waals surface area contributed by atoms with Crippen LogP contribution in [0.1, 0.15) is 5.56 Å². The summed E-state index contributed by atoms with van der Waals surface area (Å²) >= 11 is 3.43. The number of oxazole rings is 1. The molecular weight excluding hydrogens is 428 g/mol. The molecule has 0 saturated heterocycles. The molecule has 1 N–H and O–H groups in total. The van der Waals surface area contributed by atoms with Crippen molar-refractivity contribution in [1.29, 1.82) is 0 Å². The molecule has 0 spiro atoms. The molecule has 0 radical (unpaired) electrons. The highest BCUT2D eigenvalue weighted by Gasteiger charge is 2.15. The number of anilines is 1. The molecule has 4 rings (SSSR count). The summed E-state index contributed by atoms with van der Waals surface area (Å²) < 4.78 is 34.4. The van der Waals surface area contributed by atoms with E-state index in [-0.39, 0.29) is 4.90 Å². The first-order chi connectivity index (χ1) is 12.9. The average Bonchev–Trinajstić information content (AvgIpc) is 3.05. The summed E-state index contributed by atoms with van der Waals surface area (Å²) in [5.41, 5.74) is 3.43. The van der Waals surface area contributed by atoms with Gasteiger partial charge in [-0.1, -0.05) is 39.7 Å². The fourth-order valence-corrected chi connectivity index (χ4v) is 4.12. The number of halogens is 1. The molecule has 136 valence electrons. The SMILES string of the molecule is Cc1ccc(S(=O)(=O)Nc2ccc3oc(-c4cccc(Br)c4)nc3c2)cc1. The van der Waals surface area contributed by atoms with Gasteiger partial charge in [0.2, 0.25) is 5.89 Å². The Balaban J connectivity index is 1.66. The van der Waals surface area contributed by atoms with E-state index in [9.17, 15) is 8.42 Å². The molecule has 0 aliphatic carbocycles. The number of hydrogen-bond acceptors (Lipinski definition) is 4. The smallest absolute Gasteiger partial charge is 0.261 e. The largest absolute Gasteiger partial charge is 0.436 e. The minimum atomic E-state index is -3.66. The summed E-state index contributed by atoms with van der Waals surface area (Å²) in [7, 11) is -3.66. The fourth-order valence-electron chi connectivity index (χ4n) is 2.67. The molecule has 3 aromatic carbocycles. The van der Waals surface area contributed by atoms with E-state index in [1.54, 1.807) is 42.5 Å². The van der Waals surface area contributed by atoms with Gasteiger partial charge >= 0.3 is 0 Å². The topological polar surface area (TPSA) is 72.2 Å². The van der Waals surface area contributed by atoms with E-state index >= 15 is 0 Å². The predicted molar refractivity (Wildman–Crippen MR) is 109 cm³/mol. The normalized spacial score (nSPS) is 11.6. The number of nitrogens with zero attached hydrogens (tertiary/aromatic N) is 1. The molecule has 0 unspecified atom stereocenters. The van der Waals surface area contributed by atoms with Crippen molar-refractivity contribution >= 4 is 42.7 Å². The van der Waals surface area contributed by atoms with Gasteiger partial charge in [0.15, 0.2) is 5.58 Å². The van der Waals surface area contributed by atoms with Crippen molar-refractivity contribution in [1.82, 2.24) is 4.98 Å². The zero-order valence-electron chi connectivity index (χ0n) is 14.3. The van der Waals surface area contributed by atoms with Crippen LogP contribution in [-0.4, -0.2) is 13.4 Å². The second-order valence-electron chi connectivity index (χ2n) is 6.13. The number of aromatic nitrogens is 1. The van der Waals surface area contributed by atoms with Crippen LogP contribution < -0.4 is 4.72 Å². The third-order valence-corrected chi connectivity index (χ3v) is 5.93. The van der Waals surface area contributed by atoms with Crippen LogP contribution in [0.25, 0.3) is 22.6 Å². The number of nitrogens with one attached hydrogen (secondary N) is 1. The molecule has 0 fully saturated rings. The molecule has 0 aliphatic rings. The third kappa shape index (κ3) is 3.74. The van der Waals surface area contributed by atoms with Gasteiger partial charge in [0.1, 0.15) is 5.52 Å². The van der Waals surface area contributed by atoms with Crippen molar-refractivity contribution < 1.29 is 12.8 Å². The van der Waals surface area contributed by atoms with Crippen LogP contribution in [0.15, 0.2) is 80.5 Å². The summed E-state index contributed by atoms with van der Waals surface area (Å²) in [5, 5.41) is 0. The van der Waals surface area contributed by atoms with E-state index in [2.05, 4.69) is 25.6 Å². The lowest BCUT2D eigenvalue weighted by Crippen LogP contribution is -2.12. The molecule has 1 heterocycles. The highest BCUT2D eigenvalue weighted by molar-refractivity contribution is 9.10. The summed E-state index contributed by atoms with van der Waals surface area (Å²) in [4.78, 5) is 4.69. The molecule has 4 aromatic rings. The molecule has 5 nitrogen and oxygen atoms in total. The van der Waals surface area contributed by atoms with Gasteiger partial charge in [-0.25, -0.2) is 13.4 Å². The average molecular weight is 443 g/mol. The van der Waals surface area contributed by atoms with Crippen LogP contribution in [0.2, 0.25) is 0 Å². The lowest BCUT2D eigenvalue weighted by Gasteiger charge is -2.08. The van der Waals surface area contributed by atoms with E-state index in [0.717, 1.165) is 15.6 Å². The minimum Gasteiger partial charge on any atom is -0.436 e. The molecule has 7 heteroatoms. The summed E-state index contributed by atoms with van der Waals surface area (Å²) in [6.07, 6.45) is 0. The zero-order chi connectivity index (χ0) is 19.0. The van der Waals surface area contributed by atoms with Gasteiger partial charge in [-0.15, -0.1) is 0 Å². The van der Waals surface area contributed by atoms with E-state index in [1.807, 2.05) is 31.2 Å². The Morgan fingerprint density at radius 3 is 2.52 bits per heavy atom. The number of fused-ring (bicyclic) bond motifs is 1. The third-order valence-electron chi connectivity index (χ3n) is 4.04. The Morgan fingerprint density at radius 2 is 1.78 bits per heavy atom. The van der Waals surface area contributed by atoms with E-state index in [4.69, 9.17) is 4.42 Å². The molecule has 0 atom stereocenters. The minimum absolute atomic E-state index is 0.211. The van der Waals surface area contributed by atoms with Crippen molar-refractivity contribution in [3.8, 4) is 11.5 Å². The van der Waals surface area contributed by atoms with Gasteiger partial charge in [-0.2, -0.15) is 0 Å². The predicted octanol–water partition coefficient (Wildman–Crippen LogP) is 5.37. The van der Waals surface area contributed by atoms with Gasteiger partial charge in [0.05, 0.1) is 10.6 Å². The maximum atomic E-state index is 12.6. The highest BCUT2D eigenvalue weighted by atomic mass is 79.9.